The topological polar surface area (TPSA) is 74.7 Å². The Morgan fingerprint density at radius 1 is 1.40 bits per heavy atom. The first-order valence-electron chi connectivity index (χ1n) is 4.77. The summed E-state index contributed by atoms with van der Waals surface area (Å²) in [7, 11) is 0. The number of nitrogens with zero attached hydrogens (tertiary/aromatic N) is 1. The van der Waals surface area contributed by atoms with Crippen LogP contribution in [0, 0.1) is 5.92 Å². The zero-order valence-corrected chi connectivity index (χ0v) is 8.64. The minimum atomic E-state index is -1.14. The lowest BCUT2D eigenvalue weighted by molar-refractivity contribution is -0.155. The summed E-state index contributed by atoms with van der Waals surface area (Å²) >= 11 is 0. The first-order chi connectivity index (χ1) is 6.99. The summed E-state index contributed by atoms with van der Waals surface area (Å²) in [6.45, 7) is 3.52. The van der Waals surface area contributed by atoms with E-state index in [1.165, 1.54) is 0 Å². The van der Waals surface area contributed by atoms with Gasteiger partial charge in [-0.2, -0.15) is 0 Å². The first-order valence-corrected chi connectivity index (χ1v) is 4.77. The third-order valence-electron chi connectivity index (χ3n) is 2.56. The monoisotopic (exact) mass is 211 g/mol. The van der Waals surface area contributed by atoms with Crippen LogP contribution in [0.1, 0.15) is 20.3 Å². The van der Waals surface area contributed by atoms with Crippen molar-refractivity contribution in [3.63, 3.8) is 0 Å². The second kappa shape index (κ2) is 4.25. The average Bonchev–Trinajstić information content (AvgIpc) is 2.49. The summed E-state index contributed by atoms with van der Waals surface area (Å²) in [5, 5.41) is 9.00. The molecule has 0 aliphatic carbocycles. The maximum Gasteiger partial charge on any atom is 0.327 e. The standard InChI is InChI=1S/C10H13NO4/c1-3-6(2)9(10(14)15)11-7(12)4-5-8(11)13/h4-6,9H,3H2,1-2H3,(H,14,15)/t6?,9-/m0/s1. The highest BCUT2D eigenvalue weighted by atomic mass is 16.4. The van der Waals surface area contributed by atoms with E-state index in [0.717, 1.165) is 17.1 Å². The third kappa shape index (κ3) is 2.06. The van der Waals surface area contributed by atoms with E-state index in [9.17, 15) is 14.4 Å². The number of aliphatic carboxylic acids is 1. The minimum absolute atomic E-state index is 0.254. The van der Waals surface area contributed by atoms with Gasteiger partial charge in [0, 0.05) is 12.2 Å². The molecule has 0 bridgehead atoms. The molecule has 0 saturated carbocycles. The molecule has 2 amide bonds. The molecule has 0 radical (unpaired) electrons. The molecule has 1 aliphatic rings. The highest BCUT2D eigenvalue weighted by Crippen LogP contribution is 2.19. The Kier molecular flexibility index (Phi) is 3.24. The van der Waals surface area contributed by atoms with Crippen LogP contribution in [0.15, 0.2) is 12.2 Å². The molecule has 15 heavy (non-hydrogen) atoms. The molecule has 0 saturated heterocycles. The Hall–Kier alpha value is -1.65. The van der Waals surface area contributed by atoms with Crippen LogP contribution >= 0.6 is 0 Å². The fourth-order valence-electron chi connectivity index (χ4n) is 1.52. The van der Waals surface area contributed by atoms with Gasteiger partial charge < -0.3 is 5.11 Å². The van der Waals surface area contributed by atoms with Gasteiger partial charge in [-0.25, -0.2) is 4.79 Å². The van der Waals surface area contributed by atoms with Gasteiger partial charge in [0.1, 0.15) is 6.04 Å². The van der Waals surface area contributed by atoms with Gasteiger partial charge in [-0.3, -0.25) is 14.5 Å². The van der Waals surface area contributed by atoms with E-state index in [1.54, 1.807) is 6.92 Å². The van der Waals surface area contributed by atoms with Crippen LogP contribution in [-0.2, 0) is 14.4 Å². The molecule has 82 valence electrons. The lowest BCUT2D eigenvalue weighted by atomic mass is 9.98. The van der Waals surface area contributed by atoms with E-state index in [0.29, 0.717) is 6.42 Å². The maximum absolute atomic E-state index is 11.3. The lowest BCUT2D eigenvalue weighted by Gasteiger charge is -2.26. The Morgan fingerprint density at radius 2 is 1.87 bits per heavy atom. The van der Waals surface area contributed by atoms with E-state index < -0.39 is 23.8 Å². The summed E-state index contributed by atoms with van der Waals surface area (Å²) in [5.74, 6) is -2.49. The van der Waals surface area contributed by atoms with Gasteiger partial charge in [0.25, 0.3) is 11.8 Å². The minimum Gasteiger partial charge on any atom is -0.480 e. The summed E-state index contributed by atoms with van der Waals surface area (Å²) < 4.78 is 0. The molecule has 5 heteroatoms. The number of rotatable bonds is 4. The van der Waals surface area contributed by atoms with Crippen LogP contribution in [0.4, 0.5) is 0 Å². The van der Waals surface area contributed by atoms with Crippen molar-refractivity contribution < 1.29 is 19.5 Å². The number of amides is 2. The zero-order valence-electron chi connectivity index (χ0n) is 8.64. The highest BCUT2D eigenvalue weighted by Gasteiger charge is 2.38. The second-order valence-corrected chi connectivity index (χ2v) is 3.55. The van der Waals surface area contributed by atoms with Crippen molar-refractivity contribution in [2.45, 2.75) is 26.3 Å². The molecule has 0 spiro atoms. The van der Waals surface area contributed by atoms with E-state index in [2.05, 4.69) is 0 Å². The molecule has 0 aromatic carbocycles. The zero-order chi connectivity index (χ0) is 11.6. The summed E-state index contributed by atoms with van der Waals surface area (Å²) in [5.41, 5.74) is 0. The predicted octanol–water partition coefficient (Wildman–Crippen LogP) is 0.411. The second-order valence-electron chi connectivity index (χ2n) is 3.55. The van der Waals surface area contributed by atoms with Gasteiger partial charge in [-0.05, 0) is 5.92 Å². The number of carboxylic acid groups (broad SMARTS) is 1. The smallest absolute Gasteiger partial charge is 0.327 e. The molecule has 1 unspecified atom stereocenters. The van der Waals surface area contributed by atoms with Crippen LogP contribution in [0.3, 0.4) is 0 Å². The first kappa shape index (κ1) is 11.4. The molecule has 5 nitrogen and oxygen atoms in total. The van der Waals surface area contributed by atoms with E-state index in [1.807, 2.05) is 6.92 Å². The lowest BCUT2D eigenvalue weighted by Crippen LogP contribution is -2.48. The number of carbonyl (C=O) groups is 3. The van der Waals surface area contributed by atoms with Crippen LogP contribution < -0.4 is 0 Å². The van der Waals surface area contributed by atoms with E-state index >= 15 is 0 Å². The summed E-state index contributed by atoms with van der Waals surface area (Å²) in [6.07, 6.45) is 2.79. The number of carbonyl (C=O) groups excluding carboxylic acids is 2. The maximum atomic E-state index is 11.3. The van der Waals surface area contributed by atoms with Crippen molar-refractivity contribution in [1.29, 1.82) is 0 Å². The van der Waals surface area contributed by atoms with Crippen molar-refractivity contribution in [3.8, 4) is 0 Å². The molecule has 0 fully saturated rings. The van der Waals surface area contributed by atoms with E-state index in [-0.39, 0.29) is 5.92 Å². The van der Waals surface area contributed by atoms with Crippen LogP contribution in [0.2, 0.25) is 0 Å². The molecular formula is C10H13NO4. The van der Waals surface area contributed by atoms with Gasteiger partial charge in [0.2, 0.25) is 0 Å². The molecule has 1 N–H and O–H groups in total. The molecule has 1 rings (SSSR count). The molecule has 0 aromatic rings. The third-order valence-corrected chi connectivity index (χ3v) is 2.56. The largest absolute Gasteiger partial charge is 0.480 e. The van der Waals surface area contributed by atoms with Crippen LogP contribution in [0.5, 0.6) is 0 Å². The average molecular weight is 211 g/mol. The van der Waals surface area contributed by atoms with Crippen LogP contribution in [0.25, 0.3) is 0 Å². The molecule has 0 aromatic heterocycles. The van der Waals surface area contributed by atoms with Crippen molar-refractivity contribution >= 4 is 17.8 Å². The fourth-order valence-corrected chi connectivity index (χ4v) is 1.52. The molecule has 2 atom stereocenters. The molecular weight excluding hydrogens is 198 g/mol. The Labute approximate surface area is 87.4 Å². The van der Waals surface area contributed by atoms with Crippen molar-refractivity contribution in [3.05, 3.63) is 12.2 Å². The SMILES string of the molecule is CCC(C)[C@@H](C(=O)O)N1C(=O)C=CC1=O. The number of hydrogen-bond donors (Lipinski definition) is 1. The van der Waals surface area contributed by atoms with Gasteiger partial charge in [0.05, 0.1) is 0 Å². The predicted molar refractivity (Wildman–Crippen MR) is 51.9 cm³/mol. The molecule has 1 heterocycles. The Morgan fingerprint density at radius 3 is 2.20 bits per heavy atom. The normalized spacial score (nSPS) is 19.5. The Bertz CT molecular complexity index is 316. The fraction of sp³-hybridized carbons (Fsp3) is 0.500. The van der Waals surface area contributed by atoms with E-state index in [4.69, 9.17) is 5.11 Å². The number of imide groups is 1. The van der Waals surface area contributed by atoms with Gasteiger partial charge in [-0.1, -0.05) is 20.3 Å². The van der Waals surface area contributed by atoms with Crippen LogP contribution in [-0.4, -0.2) is 33.8 Å². The van der Waals surface area contributed by atoms with Crippen molar-refractivity contribution in [2.24, 2.45) is 5.92 Å². The quantitative estimate of drug-likeness (QED) is 0.683. The molecule has 1 aliphatic heterocycles. The summed E-state index contributed by atoms with van der Waals surface area (Å²) in [4.78, 5) is 34.4. The Balaban J connectivity index is 2.95. The van der Waals surface area contributed by atoms with Gasteiger partial charge >= 0.3 is 5.97 Å². The van der Waals surface area contributed by atoms with Gasteiger partial charge in [-0.15, -0.1) is 0 Å². The van der Waals surface area contributed by atoms with Crippen molar-refractivity contribution in [2.75, 3.05) is 0 Å². The highest BCUT2D eigenvalue weighted by molar-refractivity contribution is 6.14. The number of hydrogen-bond acceptors (Lipinski definition) is 3. The van der Waals surface area contributed by atoms with Gasteiger partial charge in [0.15, 0.2) is 0 Å². The number of carboxylic acids is 1. The van der Waals surface area contributed by atoms with Crippen molar-refractivity contribution in [1.82, 2.24) is 4.90 Å². The summed E-state index contributed by atoms with van der Waals surface area (Å²) in [6, 6.07) is -1.06.